The van der Waals surface area contributed by atoms with E-state index in [9.17, 15) is 40.2 Å². The van der Waals surface area contributed by atoms with Crippen molar-refractivity contribution in [3.05, 3.63) is 45.5 Å². The highest BCUT2D eigenvalue weighted by Crippen LogP contribution is 2.54. The monoisotopic (exact) mass is 879 g/mol. The highest BCUT2D eigenvalue weighted by Gasteiger charge is 2.32. The molecule has 64 heavy (non-hydrogen) atoms. The summed E-state index contributed by atoms with van der Waals surface area (Å²) in [6.07, 6.45) is 14.0. The van der Waals surface area contributed by atoms with Crippen LogP contribution in [0, 0.1) is 13.8 Å². The van der Waals surface area contributed by atoms with E-state index in [1.54, 1.807) is 13.8 Å². The molecule has 2 aliphatic heterocycles. The summed E-state index contributed by atoms with van der Waals surface area (Å²) in [5.41, 5.74) is 2.78. The standard InChI is InChI=1S/C52H70N4O8/c1-9-11-13-15-33-17-19-39(57)55(33)23-21-53-27-37-45-35(41(29(3)4)51(63)47(37)59)25-31(7)43(49(45)61)44-32(8)26-36-42(30(5)6)52(64)48(60)38(46(36)50(44)62)28-54-22-24-56-34(16-14-12-10-2)18-20-40(56)58/h25-30,33-34,59-64H,9-24H2,1-8H3/t33-,34-/m0/s1. The van der Waals surface area contributed by atoms with E-state index in [-0.39, 0.29) is 105 Å². The summed E-state index contributed by atoms with van der Waals surface area (Å²) in [7, 11) is 0. The number of phenols is 6. The Labute approximate surface area is 378 Å². The Kier molecular flexibility index (Phi) is 15.4. The van der Waals surface area contributed by atoms with Gasteiger partial charge in [0.25, 0.3) is 0 Å². The van der Waals surface area contributed by atoms with E-state index >= 15 is 0 Å². The fourth-order valence-corrected chi connectivity index (χ4v) is 10.3. The predicted molar refractivity (Wildman–Crippen MR) is 257 cm³/mol. The van der Waals surface area contributed by atoms with Gasteiger partial charge in [0.2, 0.25) is 11.8 Å². The molecular formula is C52H70N4O8. The summed E-state index contributed by atoms with van der Waals surface area (Å²) in [5.74, 6) is -2.30. The maximum Gasteiger partial charge on any atom is 0.222 e. The van der Waals surface area contributed by atoms with Gasteiger partial charge in [0.1, 0.15) is 11.5 Å². The van der Waals surface area contributed by atoms with Crippen LogP contribution >= 0.6 is 0 Å². The molecule has 4 aromatic rings. The number of unbranched alkanes of at least 4 members (excludes halogenated alkanes) is 4. The molecule has 346 valence electrons. The van der Waals surface area contributed by atoms with Gasteiger partial charge in [-0.15, -0.1) is 0 Å². The summed E-state index contributed by atoms with van der Waals surface area (Å²) < 4.78 is 0. The van der Waals surface area contributed by atoms with Gasteiger partial charge < -0.3 is 40.4 Å². The Morgan fingerprint density at radius 1 is 0.594 bits per heavy atom. The Bertz CT molecular complexity index is 2290. The molecule has 4 aromatic carbocycles. The first-order valence-corrected chi connectivity index (χ1v) is 23.6. The molecule has 0 saturated carbocycles. The fraction of sp³-hybridized carbons (Fsp3) is 0.538. The first kappa shape index (κ1) is 47.9. The van der Waals surface area contributed by atoms with Crippen LogP contribution in [0.4, 0.5) is 0 Å². The van der Waals surface area contributed by atoms with E-state index in [2.05, 4.69) is 23.8 Å². The van der Waals surface area contributed by atoms with E-state index < -0.39 is 11.5 Å². The SMILES string of the molecule is CCCCC[C@H]1CCC(=O)N1CCN=Cc1c(O)c(O)c(C(C)C)c2cc(C)c(-c3c(C)cc4c(C(C)C)c(O)c(O)c(C=NCCN5C(=O)CC[C@@H]5CCCCC)c4c3O)c(O)c12. The zero-order valence-corrected chi connectivity index (χ0v) is 39.2. The number of benzene rings is 4. The summed E-state index contributed by atoms with van der Waals surface area (Å²) in [4.78, 5) is 38.7. The number of amides is 2. The summed E-state index contributed by atoms with van der Waals surface area (Å²) in [5, 5.41) is 72.7. The van der Waals surface area contributed by atoms with E-state index in [0.717, 1.165) is 64.2 Å². The molecule has 2 atom stereocenters. The molecule has 12 heteroatoms. The van der Waals surface area contributed by atoms with Crippen LogP contribution < -0.4 is 0 Å². The lowest BCUT2D eigenvalue weighted by molar-refractivity contribution is -0.129. The van der Waals surface area contributed by atoms with Gasteiger partial charge in [-0.25, -0.2) is 0 Å². The van der Waals surface area contributed by atoms with Crippen LogP contribution in [0.5, 0.6) is 34.5 Å². The zero-order chi connectivity index (χ0) is 46.6. The second-order valence-corrected chi connectivity index (χ2v) is 18.7. The van der Waals surface area contributed by atoms with Crippen molar-refractivity contribution in [2.75, 3.05) is 26.2 Å². The van der Waals surface area contributed by atoms with Gasteiger partial charge in [0.05, 0.1) is 13.1 Å². The number of aliphatic imine (C=N–C) groups is 2. The minimum Gasteiger partial charge on any atom is -0.507 e. The number of carbonyl (C=O) groups excluding carboxylic acids is 2. The maximum atomic E-state index is 12.8. The molecule has 0 aliphatic carbocycles. The fourth-order valence-electron chi connectivity index (χ4n) is 10.3. The Balaban J connectivity index is 1.46. The van der Waals surface area contributed by atoms with Gasteiger partial charge in [-0.3, -0.25) is 19.6 Å². The van der Waals surface area contributed by atoms with Crippen molar-refractivity contribution >= 4 is 45.8 Å². The van der Waals surface area contributed by atoms with E-state index in [0.29, 0.717) is 59.0 Å². The quantitative estimate of drug-likeness (QED) is 0.0305. The Morgan fingerprint density at radius 2 is 0.969 bits per heavy atom. The highest BCUT2D eigenvalue weighted by atomic mass is 16.3. The topological polar surface area (TPSA) is 187 Å². The Morgan fingerprint density at radius 3 is 1.31 bits per heavy atom. The number of nitrogens with zero attached hydrogens (tertiary/aromatic N) is 4. The molecule has 6 N–H and O–H groups in total. The normalized spacial score (nSPS) is 17.2. The summed E-state index contributed by atoms with van der Waals surface area (Å²) in [6, 6.07) is 4.00. The minimum absolute atomic E-state index is 0.0994. The number of hydrogen-bond acceptors (Lipinski definition) is 10. The van der Waals surface area contributed by atoms with Crippen LogP contribution in [-0.4, -0.2) is 103 Å². The molecule has 12 nitrogen and oxygen atoms in total. The molecule has 0 aromatic heterocycles. The lowest BCUT2D eigenvalue weighted by Crippen LogP contribution is -2.35. The molecule has 0 bridgehead atoms. The van der Waals surface area contributed by atoms with Crippen LogP contribution in [0.3, 0.4) is 0 Å². The third-order valence-electron chi connectivity index (χ3n) is 13.6. The summed E-state index contributed by atoms with van der Waals surface area (Å²) in [6.45, 7) is 16.8. The van der Waals surface area contributed by atoms with Crippen molar-refractivity contribution in [1.29, 1.82) is 0 Å². The van der Waals surface area contributed by atoms with Crippen LogP contribution in [-0.2, 0) is 9.59 Å². The second kappa shape index (κ2) is 20.5. The zero-order valence-electron chi connectivity index (χ0n) is 39.2. The molecule has 0 unspecified atom stereocenters. The van der Waals surface area contributed by atoms with Gasteiger partial charge >= 0.3 is 0 Å². The predicted octanol–water partition coefficient (Wildman–Crippen LogP) is 10.7. The van der Waals surface area contributed by atoms with Crippen molar-refractivity contribution in [2.24, 2.45) is 9.98 Å². The molecule has 2 saturated heterocycles. The lowest BCUT2D eigenvalue weighted by atomic mass is 9.83. The number of phenolic OH excluding ortho intramolecular Hbond substituents is 6. The first-order valence-electron chi connectivity index (χ1n) is 23.6. The highest BCUT2D eigenvalue weighted by molar-refractivity contribution is 6.15. The van der Waals surface area contributed by atoms with Crippen LogP contribution in [0.15, 0.2) is 22.1 Å². The van der Waals surface area contributed by atoms with Gasteiger partial charge in [-0.2, -0.15) is 0 Å². The van der Waals surface area contributed by atoms with Crippen molar-refractivity contribution in [3.8, 4) is 45.6 Å². The van der Waals surface area contributed by atoms with Crippen LogP contribution in [0.1, 0.15) is 164 Å². The van der Waals surface area contributed by atoms with Gasteiger partial charge in [-0.05, 0) is 73.3 Å². The average Bonchev–Trinajstić information content (AvgIpc) is 3.78. The van der Waals surface area contributed by atoms with Crippen molar-refractivity contribution < 1.29 is 40.2 Å². The van der Waals surface area contributed by atoms with Gasteiger partial charge in [-0.1, -0.05) is 92.2 Å². The number of rotatable bonds is 19. The Hall–Kier alpha value is -5.52. The number of aryl methyl sites for hydroxylation is 2. The molecular weight excluding hydrogens is 809 g/mol. The van der Waals surface area contributed by atoms with E-state index in [1.165, 1.54) is 12.4 Å². The molecule has 2 aliphatic rings. The smallest absolute Gasteiger partial charge is 0.222 e. The minimum atomic E-state index is -0.442. The third-order valence-corrected chi connectivity index (χ3v) is 13.6. The molecule has 2 heterocycles. The molecule has 2 fully saturated rings. The number of aromatic hydroxyl groups is 6. The van der Waals surface area contributed by atoms with Crippen LogP contribution in [0.25, 0.3) is 32.7 Å². The third kappa shape index (κ3) is 9.33. The van der Waals surface area contributed by atoms with Crippen molar-refractivity contribution in [1.82, 2.24) is 9.80 Å². The molecule has 2 amide bonds. The lowest BCUT2D eigenvalue weighted by Gasteiger charge is -2.24. The van der Waals surface area contributed by atoms with Crippen LogP contribution in [0.2, 0.25) is 0 Å². The van der Waals surface area contributed by atoms with E-state index in [1.807, 2.05) is 49.6 Å². The summed E-state index contributed by atoms with van der Waals surface area (Å²) >= 11 is 0. The molecule has 0 spiro atoms. The van der Waals surface area contributed by atoms with Gasteiger partial charge in [0, 0.05) is 94.6 Å². The maximum absolute atomic E-state index is 12.8. The van der Waals surface area contributed by atoms with Gasteiger partial charge in [0.15, 0.2) is 23.0 Å². The van der Waals surface area contributed by atoms with E-state index in [4.69, 9.17) is 0 Å². The number of carbonyl (C=O) groups is 2. The molecule has 6 rings (SSSR count). The van der Waals surface area contributed by atoms with Crippen molar-refractivity contribution in [3.63, 3.8) is 0 Å². The number of fused-ring (bicyclic) bond motifs is 2. The number of hydrogen-bond donors (Lipinski definition) is 6. The number of likely N-dealkylation sites (tertiary alicyclic amines) is 2. The average molecular weight is 879 g/mol. The molecule has 0 radical (unpaired) electrons. The second-order valence-electron chi connectivity index (χ2n) is 18.7. The van der Waals surface area contributed by atoms with Crippen molar-refractivity contribution in [2.45, 2.75) is 156 Å². The first-order chi connectivity index (χ1) is 30.5. The largest absolute Gasteiger partial charge is 0.507 e.